The van der Waals surface area contributed by atoms with Crippen molar-refractivity contribution in [1.82, 2.24) is 10.2 Å². The summed E-state index contributed by atoms with van der Waals surface area (Å²) in [6, 6.07) is 3.24. The molecule has 2 amide bonds. The number of carbonyl (C=O) groups excluding carboxylic acids is 2. The third-order valence-corrected chi connectivity index (χ3v) is 5.78. The van der Waals surface area contributed by atoms with Crippen LogP contribution in [0.25, 0.3) is 0 Å². The number of nitrogens with one attached hydrogen (secondary N) is 1. The number of nitrogens with zero attached hydrogens (tertiary/aromatic N) is 1. The molecule has 23 heavy (non-hydrogen) atoms. The average molecular weight is 336 g/mol. The second-order valence-corrected chi connectivity index (χ2v) is 7.58. The lowest BCUT2D eigenvalue weighted by Gasteiger charge is -2.35. The van der Waals surface area contributed by atoms with Gasteiger partial charge in [0.15, 0.2) is 0 Å². The quantitative estimate of drug-likeness (QED) is 0.885. The van der Waals surface area contributed by atoms with E-state index in [2.05, 4.69) is 5.32 Å². The smallest absolute Gasteiger partial charge is 0.264 e. The second kappa shape index (κ2) is 7.01. The molecule has 3 rings (SSSR count). The summed E-state index contributed by atoms with van der Waals surface area (Å²) in [5, 5.41) is 15.1. The van der Waals surface area contributed by atoms with E-state index >= 15 is 0 Å². The largest absolute Gasteiger partial charge is 0.388 e. The Hall–Kier alpha value is -1.40. The van der Waals surface area contributed by atoms with Gasteiger partial charge in [0.25, 0.3) is 5.91 Å². The maximum Gasteiger partial charge on any atom is 0.264 e. The van der Waals surface area contributed by atoms with Crippen LogP contribution in [0.4, 0.5) is 0 Å². The fourth-order valence-electron chi connectivity index (χ4n) is 3.57. The molecule has 2 fully saturated rings. The molecule has 1 atom stereocenters. The van der Waals surface area contributed by atoms with Crippen LogP contribution in [0.5, 0.6) is 0 Å². The fourth-order valence-corrected chi connectivity index (χ4v) is 4.25. The molecule has 1 aromatic heterocycles. The normalized spacial score (nSPS) is 23.7. The Balaban J connectivity index is 1.63. The van der Waals surface area contributed by atoms with Crippen molar-refractivity contribution in [3.8, 4) is 0 Å². The molecule has 0 radical (unpaired) electrons. The van der Waals surface area contributed by atoms with E-state index in [-0.39, 0.29) is 11.8 Å². The minimum absolute atomic E-state index is 0.0561. The number of rotatable bonds is 4. The van der Waals surface area contributed by atoms with Crippen molar-refractivity contribution in [3.63, 3.8) is 0 Å². The number of hydrogen-bond acceptors (Lipinski definition) is 4. The molecule has 5 nitrogen and oxygen atoms in total. The second-order valence-electron chi connectivity index (χ2n) is 6.64. The van der Waals surface area contributed by atoms with E-state index in [1.54, 1.807) is 11.0 Å². The fraction of sp³-hybridized carbons (Fsp3) is 0.647. The Morgan fingerprint density at radius 3 is 2.78 bits per heavy atom. The van der Waals surface area contributed by atoms with Crippen LogP contribution in [0.2, 0.25) is 0 Å². The minimum atomic E-state index is -0.757. The van der Waals surface area contributed by atoms with Crippen LogP contribution in [0.1, 0.15) is 54.6 Å². The molecule has 1 saturated heterocycles. The molecule has 2 heterocycles. The van der Waals surface area contributed by atoms with Gasteiger partial charge in [0.1, 0.15) is 6.04 Å². The van der Waals surface area contributed by atoms with E-state index in [1.807, 2.05) is 11.4 Å². The van der Waals surface area contributed by atoms with Crippen molar-refractivity contribution >= 4 is 23.2 Å². The standard InChI is InChI=1S/C17H24N2O3S/c20-15(18-12-17(22)8-2-3-9-17)13-6-1-4-10-19(13)16(21)14-7-5-11-23-14/h5,7,11,13,22H,1-4,6,8-10,12H2,(H,18,20). The lowest BCUT2D eigenvalue weighted by Crippen LogP contribution is -2.54. The first-order chi connectivity index (χ1) is 11.1. The molecule has 0 bridgehead atoms. The topological polar surface area (TPSA) is 69.6 Å². The highest BCUT2D eigenvalue weighted by Gasteiger charge is 2.36. The van der Waals surface area contributed by atoms with Crippen molar-refractivity contribution < 1.29 is 14.7 Å². The zero-order chi connectivity index (χ0) is 16.3. The first-order valence-corrected chi connectivity index (χ1v) is 9.32. The third-order valence-electron chi connectivity index (χ3n) is 4.92. The summed E-state index contributed by atoms with van der Waals surface area (Å²) in [7, 11) is 0. The molecule has 126 valence electrons. The number of amides is 2. The highest BCUT2D eigenvalue weighted by molar-refractivity contribution is 7.12. The van der Waals surface area contributed by atoms with Crippen molar-refractivity contribution in [2.45, 2.75) is 56.6 Å². The molecule has 1 aliphatic heterocycles. The first kappa shape index (κ1) is 16.5. The van der Waals surface area contributed by atoms with Crippen molar-refractivity contribution in [2.75, 3.05) is 13.1 Å². The van der Waals surface area contributed by atoms with Gasteiger partial charge >= 0.3 is 0 Å². The Labute approximate surface area is 140 Å². The van der Waals surface area contributed by atoms with Crippen LogP contribution in [0.15, 0.2) is 17.5 Å². The van der Waals surface area contributed by atoms with Gasteiger partial charge < -0.3 is 15.3 Å². The van der Waals surface area contributed by atoms with E-state index in [9.17, 15) is 14.7 Å². The zero-order valence-corrected chi connectivity index (χ0v) is 14.1. The van der Waals surface area contributed by atoms with E-state index in [1.165, 1.54) is 11.3 Å². The molecular weight excluding hydrogens is 312 g/mol. The molecule has 2 aliphatic rings. The van der Waals surface area contributed by atoms with E-state index in [0.29, 0.717) is 24.4 Å². The van der Waals surface area contributed by atoms with Gasteiger partial charge in [0.05, 0.1) is 10.5 Å². The van der Waals surface area contributed by atoms with Gasteiger partial charge in [-0.05, 0) is 43.6 Å². The molecule has 1 aromatic rings. The van der Waals surface area contributed by atoms with E-state index < -0.39 is 11.6 Å². The molecule has 6 heteroatoms. The van der Waals surface area contributed by atoms with Gasteiger partial charge in [-0.2, -0.15) is 0 Å². The first-order valence-electron chi connectivity index (χ1n) is 8.44. The Morgan fingerprint density at radius 2 is 2.09 bits per heavy atom. The summed E-state index contributed by atoms with van der Waals surface area (Å²) >= 11 is 1.41. The van der Waals surface area contributed by atoms with Gasteiger partial charge in [-0.15, -0.1) is 11.3 Å². The molecule has 1 unspecified atom stereocenters. The summed E-state index contributed by atoms with van der Waals surface area (Å²) < 4.78 is 0. The number of hydrogen-bond donors (Lipinski definition) is 2. The summed E-state index contributed by atoms with van der Waals surface area (Å²) in [6.07, 6.45) is 6.10. The molecule has 0 spiro atoms. The van der Waals surface area contributed by atoms with Crippen molar-refractivity contribution in [2.24, 2.45) is 0 Å². The van der Waals surface area contributed by atoms with E-state index in [0.717, 1.165) is 38.5 Å². The Morgan fingerprint density at radius 1 is 1.30 bits per heavy atom. The minimum Gasteiger partial charge on any atom is -0.388 e. The highest BCUT2D eigenvalue weighted by atomic mass is 32.1. The number of thiophene rings is 1. The maximum atomic E-state index is 12.6. The van der Waals surface area contributed by atoms with Gasteiger partial charge in [0.2, 0.25) is 5.91 Å². The lowest BCUT2D eigenvalue weighted by atomic mass is 9.99. The zero-order valence-electron chi connectivity index (χ0n) is 13.3. The molecule has 1 saturated carbocycles. The Bertz CT molecular complexity index is 552. The monoisotopic (exact) mass is 336 g/mol. The molecular formula is C17H24N2O3S. The van der Waals surface area contributed by atoms with Crippen LogP contribution < -0.4 is 5.32 Å². The molecule has 2 N–H and O–H groups in total. The summed E-state index contributed by atoms with van der Waals surface area (Å²) in [5.41, 5.74) is -0.757. The van der Waals surface area contributed by atoms with Gasteiger partial charge in [-0.1, -0.05) is 18.9 Å². The predicted molar refractivity (Wildman–Crippen MR) is 89.4 cm³/mol. The van der Waals surface area contributed by atoms with E-state index in [4.69, 9.17) is 0 Å². The summed E-state index contributed by atoms with van der Waals surface area (Å²) in [4.78, 5) is 27.6. The lowest BCUT2D eigenvalue weighted by molar-refractivity contribution is -0.127. The van der Waals surface area contributed by atoms with Crippen LogP contribution in [-0.2, 0) is 4.79 Å². The predicted octanol–water partition coefficient (Wildman–Crippen LogP) is 2.16. The Kier molecular flexibility index (Phi) is 5.02. The van der Waals surface area contributed by atoms with Gasteiger partial charge in [-0.25, -0.2) is 0 Å². The maximum absolute atomic E-state index is 12.6. The molecule has 0 aromatic carbocycles. The van der Waals surface area contributed by atoms with Crippen LogP contribution in [0.3, 0.4) is 0 Å². The van der Waals surface area contributed by atoms with Gasteiger partial charge in [-0.3, -0.25) is 9.59 Å². The number of likely N-dealkylation sites (tertiary alicyclic amines) is 1. The molecule has 1 aliphatic carbocycles. The summed E-state index contributed by atoms with van der Waals surface area (Å²) in [5.74, 6) is -0.186. The number of aliphatic hydroxyl groups is 1. The van der Waals surface area contributed by atoms with Gasteiger partial charge in [0, 0.05) is 13.1 Å². The highest BCUT2D eigenvalue weighted by Crippen LogP contribution is 2.29. The number of piperidine rings is 1. The van der Waals surface area contributed by atoms with Crippen molar-refractivity contribution in [1.29, 1.82) is 0 Å². The van der Waals surface area contributed by atoms with Crippen LogP contribution in [0, 0.1) is 0 Å². The van der Waals surface area contributed by atoms with Crippen LogP contribution >= 0.6 is 11.3 Å². The van der Waals surface area contributed by atoms with Crippen molar-refractivity contribution in [3.05, 3.63) is 22.4 Å². The van der Waals surface area contributed by atoms with Crippen LogP contribution in [-0.4, -0.2) is 46.6 Å². The average Bonchev–Trinajstić information content (AvgIpc) is 3.24. The third kappa shape index (κ3) is 3.75. The SMILES string of the molecule is O=C(NCC1(O)CCCC1)C1CCCCN1C(=O)c1cccs1. The summed E-state index contributed by atoms with van der Waals surface area (Å²) in [6.45, 7) is 0.919. The number of carbonyl (C=O) groups is 2.